The van der Waals surface area contributed by atoms with E-state index in [-0.39, 0.29) is 17.9 Å². The van der Waals surface area contributed by atoms with Gasteiger partial charge in [0, 0.05) is 6.92 Å². The van der Waals surface area contributed by atoms with Crippen LogP contribution in [0.15, 0.2) is 24.3 Å². The van der Waals surface area contributed by atoms with Crippen LogP contribution in [0.2, 0.25) is 0 Å². The average Bonchev–Trinajstić information content (AvgIpc) is 2.36. The minimum atomic E-state index is -0.389. The predicted molar refractivity (Wildman–Crippen MR) is 62.9 cm³/mol. The lowest BCUT2D eigenvalue weighted by atomic mass is 10.1. The molecule has 1 aromatic rings. The molecule has 0 fully saturated rings. The fourth-order valence-electron chi connectivity index (χ4n) is 1.45. The first-order chi connectivity index (χ1) is 7.97. The molecule has 1 aromatic carbocycles. The number of ether oxygens (including phenoxy) is 1. The Morgan fingerprint density at radius 2 is 1.82 bits per heavy atom. The van der Waals surface area contributed by atoms with E-state index in [4.69, 9.17) is 5.84 Å². The van der Waals surface area contributed by atoms with Gasteiger partial charge in [0.2, 0.25) is 5.91 Å². The fourth-order valence-corrected chi connectivity index (χ4v) is 1.45. The minimum absolute atomic E-state index is 0.213. The van der Waals surface area contributed by atoms with Gasteiger partial charge in [0.15, 0.2) is 0 Å². The second-order valence-corrected chi connectivity index (χ2v) is 3.72. The maximum Gasteiger partial charge on any atom is 0.337 e. The Bertz CT molecular complexity index is 414. The summed E-state index contributed by atoms with van der Waals surface area (Å²) in [4.78, 5) is 22.3. The molecule has 0 aliphatic carbocycles. The molecular formula is C12H16N2O3. The Hall–Kier alpha value is -1.88. The SMILES string of the molecule is COC(=O)c1ccc([C@@H](C)N(N)C(C)=O)cc1. The molecule has 5 nitrogen and oxygen atoms in total. The summed E-state index contributed by atoms with van der Waals surface area (Å²) in [7, 11) is 1.33. The van der Waals surface area contributed by atoms with E-state index in [1.54, 1.807) is 24.3 Å². The summed E-state index contributed by atoms with van der Waals surface area (Å²) in [6.07, 6.45) is 0. The lowest BCUT2D eigenvalue weighted by Gasteiger charge is -2.23. The Balaban J connectivity index is 2.87. The molecule has 0 aromatic heterocycles. The van der Waals surface area contributed by atoms with Crippen LogP contribution in [0, 0.1) is 0 Å². The number of esters is 1. The molecule has 5 heteroatoms. The Kier molecular flexibility index (Phi) is 4.23. The number of amides is 1. The van der Waals surface area contributed by atoms with Gasteiger partial charge in [-0.05, 0) is 24.6 Å². The van der Waals surface area contributed by atoms with Crippen molar-refractivity contribution in [2.75, 3.05) is 7.11 Å². The number of carbonyl (C=O) groups excluding carboxylic acids is 2. The van der Waals surface area contributed by atoms with E-state index in [1.807, 2.05) is 6.92 Å². The molecule has 0 radical (unpaired) electrons. The van der Waals surface area contributed by atoms with Gasteiger partial charge < -0.3 is 4.74 Å². The molecule has 0 saturated carbocycles. The van der Waals surface area contributed by atoms with Crippen LogP contribution in [0.25, 0.3) is 0 Å². The van der Waals surface area contributed by atoms with Gasteiger partial charge in [-0.25, -0.2) is 10.6 Å². The molecule has 17 heavy (non-hydrogen) atoms. The first kappa shape index (κ1) is 13.2. The summed E-state index contributed by atoms with van der Waals surface area (Å²) in [5.74, 6) is 5.01. The molecule has 1 amide bonds. The van der Waals surface area contributed by atoms with Gasteiger partial charge >= 0.3 is 5.97 Å². The van der Waals surface area contributed by atoms with Crippen LogP contribution in [0.1, 0.15) is 35.8 Å². The van der Waals surface area contributed by atoms with Crippen molar-refractivity contribution in [1.82, 2.24) is 5.01 Å². The zero-order valence-corrected chi connectivity index (χ0v) is 10.1. The van der Waals surface area contributed by atoms with Gasteiger partial charge in [-0.2, -0.15) is 0 Å². The number of carbonyl (C=O) groups is 2. The largest absolute Gasteiger partial charge is 0.465 e. The van der Waals surface area contributed by atoms with Gasteiger partial charge in [0.05, 0.1) is 18.7 Å². The summed E-state index contributed by atoms with van der Waals surface area (Å²) >= 11 is 0. The smallest absolute Gasteiger partial charge is 0.337 e. The van der Waals surface area contributed by atoms with E-state index in [0.29, 0.717) is 5.56 Å². The first-order valence-corrected chi connectivity index (χ1v) is 5.20. The zero-order chi connectivity index (χ0) is 13.0. The van der Waals surface area contributed by atoms with Gasteiger partial charge in [-0.3, -0.25) is 9.80 Å². The minimum Gasteiger partial charge on any atom is -0.465 e. The fraction of sp³-hybridized carbons (Fsp3) is 0.333. The van der Waals surface area contributed by atoms with Crippen LogP contribution in [0.4, 0.5) is 0 Å². The van der Waals surface area contributed by atoms with Crippen LogP contribution in [-0.2, 0) is 9.53 Å². The zero-order valence-electron chi connectivity index (χ0n) is 10.1. The van der Waals surface area contributed by atoms with Crippen molar-refractivity contribution in [1.29, 1.82) is 0 Å². The highest BCUT2D eigenvalue weighted by Crippen LogP contribution is 2.18. The van der Waals surface area contributed by atoms with Crippen molar-refractivity contribution in [3.63, 3.8) is 0 Å². The summed E-state index contributed by atoms with van der Waals surface area (Å²) in [6, 6.07) is 6.55. The van der Waals surface area contributed by atoms with Crippen molar-refractivity contribution >= 4 is 11.9 Å². The van der Waals surface area contributed by atoms with Crippen molar-refractivity contribution in [3.05, 3.63) is 35.4 Å². The molecule has 0 spiro atoms. The third kappa shape index (κ3) is 3.04. The standard InChI is InChI=1S/C12H16N2O3/c1-8(14(13)9(2)15)10-4-6-11(7-5-10)12(16)17-3/h4-8H,13H2,1-3H3/t8-/m1/s1. The molecule has 0 bridgehead atoms. The second kappa shape index (κ2) is 5.45. The molecule has 0 aliphatic heterocycles. The molecule has 1 atom stereocenters. The molecule has 92 valence electrons. The summed E-state index contributed by atoms with van der Waals surface area (Å²) in [6.45, 7) is 3.22. The molecular weight excluding hydrogens is 220 g/mol. The first-order valence-electron chi connectivity index (χ1n) is 5.20. The monoisotopic (exact) mass is 236 g/mol. The van der Waals surface area contributed by atoms with E-state index < -0.39 is 0 Å². The number of hydrogen-bond donors (Lipinski definition) is 1. The highest BCUT2D eigenvalue weighted by Gasteiger charge is 2.15. The number of nitrogens with two attached hydrogens (primary N) is 1. The number of rotatable bonds is 3. The Morgan fingerprint density at radius 3 is 2.24 bits per heavy atom. The highest BCUT2D eigenvalue weighted by molar-refractivity contribution is 5.89. The van der Waals surface area contributed by atoms with Crippen LogP contribution in [-0.4, -0.2) is 24.0 Å². The summed E-state index contributed by atoms with van der Waals surface area (Å²) < 4.78 is 4.59. The van der Waals surface area contributed by atoms with Crippen molar-refractivity contribution in [3.8, 4) is 0 Å². The molecule has 0 unspecified atom stereocenters. The third-order valence-corrected chi connectivity index (χ3v) is 2.60. The number of benzene rings is 1. The van der Waals surface area contributed by atoms with E-state index in [1.165, 1.54) is 14.0 Å². The van der Waals surface area contributed by atoms with Gasteiger partial charge in [0.25, 0.3) is 0 Å². The van der Waals surface area contributed by atoms with Crippen LogP contribution < -0.4 is 5.84 Å². The van der Waals surface area contributed by atoms with Crippen molar-refractivity contribution < 1.29 is 14.3 Å². The molecule has 0 heterocycles. The molecule has 0 aliphatic rings. The van der Waals surface area contributed by atoms with E-state index >= 15 is 0 Å². The van der Waals surface area contributed by atoms with E-state index in [0.717, 1.165) is 10.6 Å². The Labute approximate surface area is 100 Å². The molecule has 0 saturated heterocycles. The van der Waals surface area contributed by atoms with Gasteiger partial charge in [-0.15, -0.1) is 0 Å². The van der Waals surface area contributed by atoms with Crippen molar-refractivity contribution in [2.45, 2.75) is 19.9 Å². The average molecular weight is 236 g/mol. The molecule has 2 N–H and O–H groups in total. The van der Waals surface area contributed by atoms with Gasteiger partial charge in [0.1, 0.15) is 0 Å². The molecule has 1 rings (SSSR count). The number of hydrogen-bond acceptors (Lipinski definition) is 4. The van der Waals surface area contributed by atoms with E-state index in [9.17, 15) is 9.59 Å². The summed E-state index contributed by atoms with van der Waals surface area (Å²) in [5, 5.41) is 1.15. The van der Waals surface area contributed by atoms with Crippen LogP contribution in [0.3, 0.4) is 0 Å². The lowest BCUT2D eigenvalue weighted by Crippen LogP contribution is -2.37. The van der Waals surface area contributed by atoms with Crippen LogP contribution in [0.5, 0.6) is 0 Å². The maximum atomic E-state index is 11.2. The number of methoxy groups -OCH3 is 1. The summed E-state index contributed by atoms with van der Waals surface area (Å²) in [5.41, 5.74) is 1.32. The highest BCUT2D eigenvalue weighted by atomic mass is 16.5. The predicted octanol–water partition coefficient (Wildman–Crippen LogP) is 1.26. The van der Waals surface area contributed by atoms with Gasteiger partial charge in [-0.1, -0.05) is 12.1 Å². The third-order valence-electron chi connectivity index (χ3n) is 2.60. The quantitative estimate of drug-likeness (QED) is 0.371. The normalized spacial score (nSPS) is 11.8. The number of nitrogens with zero attached hydrogens (tertiary/aromatic N) is 1. The Morgan fingerprint density at radius 1 is 1.29 bits per heavy atom. The second-order valence-electron chi connectivity index (χ2n) is 3.72. The maximum absolute atomic E-state index is 11.2. The van der Waals surface area contributed by atoms with E-state index in [2.05, 4.69) is 4.74 Å². The van der Waals surface area contributed by atoms with Crippen LogP contribution >= 0.6 is 0 Å². The lowest BCUT2D eigenvalue weighted by molar-refractivity contribution is -0.131. The number of hydrazine groups is 1. The van der Waals surface area contributed by atoms with Crippen molar-refractivity contribution in [2.24, 2.45) is 5.84 Å². The topological polar surface area (TPSA) is 72.6 Å².